The quantitative estimate of drug-likeness (QED) is 0.410. The molecule has 3 rings (SSSR count). The summed E-state index contributed by atoms with van der Waals surface area (Å²) in [7, 11) is 1.80. The third-order valence-electron chi connectivity index (χ3n) is 4.04. The van der Waals surface area contributed by atoms with Gasteiger partial charge in [-0.3, -0.25) is 4.99 Å². The lowest BCUT2D eigenvalue weighted by atomic mass is 10.1. The lowest BCUT2D eigenvalue weighted by Gasteiger charge is -2.17. The van der Waals surface area contributed by atoms with Gasteiger partial charge in [0.15, 0.2) is 5.96 Å². The standard InChI is InChI=1S/C18H23N3OS.HI/c1-13(17-8-5-9-23-17)11-20-18(19-2)21-12-15-10-14-6-3-4-7-16(14)22-15;/h3-9,13,15H,10-12H2,1-2H3,(H2,19,20,21);1H. The summed E-state index contributed by atoms with van der Waals surface area (Å²) in [5, 5.41) is 8.88. The number of nitrogens with one attached hydrogen (secondary N) is 2. The number of hydrogen-bond donors (Lipinski definition) is 2. The number of ether oxygens (including phenoxy) is 1. The first kappa shape index (κ1) is 19.1. The Morgan fingerprint density at radius 1 is 1.29 bits per heavy atom. The highest BCUT2D eigenvalue weighted by Crippen LogP contribution is 2.27. The highest BCUT2D eigenvalue weighted by atomic mass is 127. The zero-order valence-electron chi connectivity index (χ0n) is 14.0. The van der Waals surface area contributed by atoms with E-state index in [4.69, 9.17) is 4.74 Å². The molecule has 2 atom stereocenters. The van der Waals surface area contributed by atoms with Crippen LogP contribution in [0.3, 0.4) is 0 Å². The largest absolute Gasteiger partial charge is 0.488 e. The fourth-order valence-electron chi connectivity index (χ4n) is 2.72. The molecule has 0 saturated carbocycles. The lowest BCUT2D eigenvalue weighted by Crippen LogP contribution is -2.43. The maximum Gasteiger partial charge on any atom is 0.191 e. The number of nitrogens with zero attached hydrogens (tertiary/aromatic N) is 1. The molecule has 4 nitrogen and oxygen atoms in total. The fraction of sp³-hybridized carbons (Fsp3) is 0.389. The number of benzene rings is 1. The average Bonchev–Trinajstić information content (AvgIpc) is 3.24. The van der Waals surface area contributed by atoms with E-state index >= 15 is 0 Å². The van der Waals surface area contributed by atoms with Gasteiger partial charge in [-0.1, -0.05) is 31.2 Å². The van der Waals surface area contributed by atoms with Crippen LogP contribution >= 0.6 is 35.3 Å². The van der Waals surface area contributed by atoms with Gasteiger partial charge in [-0.25, -0.2) is 0 Å². The second-order valence-electron chi connectivity index (χ2n) is 5.80. The van der Waals surface area contributed by atoms with Gasteiger partial charge in [0.2, 0.25) is 0 Å². The van der Waals surface area contributed by atoms with E-state index in [0.29, 0.717) is 5.92 Å². The van der Waals surface area contributed by atoms with Gasteiger partial charge in [0.25, 0.3) is 0 Å². The summed E-state index contributed by atoms with van der Waals surface area (Å²) in [6.07, 6.45) is 1.12. The van der Waals surface area contributed by atoms with E-state index in [-0.39, 0.29) is 30.1 Å². The Morgan fingerprint density at radius 2 is 2.12 bits per heavy atom. The molecule has 1 aromatic carbocycles. The van der Waals surface area contributed by atoms with Gasteiger partial charge in [0.05, 0.1) is 6.54 Å². The van der Waals surface area contributed by atoms with Crippen LogP contribution in [0.2, 0.25) is 0 Å². The second-order valence-corrected chi connectivity index (χ2v) is 6.78. The molecule has 0 bridgehead atoms. The molecule has 1 aliphatic rings. The molecule has 2 heterocycles. The van der Waals surface area contributed by atoms with Crippen molar-refractivity contribution >= 4 is 41.3 Å². The van der Waals surface area contributed by atoms with Crippen molar-refractivity contribution in [1.29, 1.82) is 0 Å². The Hall–Kier alpha value is -1.28. The second kappa shape index (κ2) is 9.27. The van der Waals surface area contributed by atoms with E-state index in [1.54, 1.807) is 18.4 Å². The van der Waals surface area contributed by atoms with Crippen LogP contribution in [0.15, 0.2) is 46.8 Å². The van der Waals surface area contributed by atoms with Crippen molar-refractivity contribution in [2.45, 2.75) is 25.4 Å². The molecule has 2 aromatic rings. The first-order valence-electron chi connectivity index (χ1n) is 7.98. The maximum absolute atomic E-state index is 5.94. The molecular weight excluding hydrogens is 433 g/mol. The molecule has 0 fully saturated rings. The van der Waals surface area contributed by atoms with Crippen molar-refractivity contribution in [3.05, 3.63) is 52.2 Å². The molecule has 0 saturated heterocycles. The van der Waals surface area contributed by atoms with Gasteiger partial charge in [0.1, 0.15) is 11.9 Å². The molecule has 0 aliphatic carbocycles. The van der Waals surface area contributed by atoms with Crippen LogP contribution in [-0.2, 0) is 6.42 Å². The number of aliphatic imine (C=N–C) groups is 1. The van der Waals surface area contributed by atoms with Crippen LogP contribution in [0.4, 0.5) is 0 Å². The first-order chi connectivity index (χ1) is 11.3. The van der Waals surface area contributed by atoms with Crippen LogP contribution in [0.25, 0.3) is 0 Å². The minimum atomic E-state index is 0. The van der Waals surface area contributed by atoms with Gasteiger partial charge < -0.3 is 15.4 Å². The Balaban J connectivity index is 0.00000208. The number of para-hydroxylation sites is 1. The number of thiophene rings is 1. The summed E-state index contributed by atoms with van der Waals surface area (Å²) >= 11 is 1.80. The van der Waals surface area contributed by atoms with E-state index in [9.17, 15) is 0 Å². The Labute approximate surface area is 164 Å². The van der Waals surface area contributed by atoms with Crippen LogP contribution < -0.4 is 15.4 Å². The molecule has 0 radical (unpaired) electrons. The van der Waals surface area contributed by atoms with Crippen LogP contribution in [0, 0.1) is 0 Å². The number of hydrogen-bond acceptors (Lipinski definition) is 3. The fourth-order valence-corrected chi connectivity index (χ4v) is 3.51. The molecule has 2 N–H and O–H groups in total. The average molecular weight is 457 g/mol. The first-order valence-corrected chi connectivity index (χ1v) is 8.86. The van der Waals surface area contributed by atoms with Crippen molar-refractivity contribution in [2.24, 2.45) is 4.99 Å². The maximum atomic E-state index is 5.94. The smallest absolute Gasteiger partial charge is 0.191 e. The molecule has 130 valence electrons. The minimum Gasteiger partial charge on any atom is -0.488 e. The van der Waals surface area contributed by atoms with Gasteiger partial charge in [-0.15, -0.1) is 35.3 Å². The molecule has 2 unspecified atom stereocenters. The van der Waals surface area contributed by atoms with Gasteiger partial charge in [-0.2, -0.15) is 0 Å². The molecule has 6 heteroatoms. The Kier molecular flexibility index (Phi) is 7.36. The molecule has 24 heavy (non-hydrogen) atoms. The predicted molar refractivity (Wildman–Crippen MR) is 112 cm³/mol. The lowest BCUT2D eigenvalue weighted by molar-refractivity contribution is 0.235. The summed E-state index contributed by atoms with van der Waals surface area (Å²) < 4.78 is 5.94. The van der Waals surface area contributed by atoms with Crippen LogP contribution in [0.5, 0.6) is 5.75 Å². The number of halogens is 1. The summed E-state index contributed by atoms with van der Waals surface area (Å²) in [6.45, 7) is 3.84. The SMILES string of the molecule is CN=C(NCC1Cc2ccccc2O1)NCC(C)c1cccs1.I. The van der Waals surface area contributed by atoms with Crippen molar-refractivity contribution in [3.63, 3.8) is 0 Å². The predicted octanol–water partition coefficient (Wildman–Crippen LogP) is 3.64. The number of guanidine groups is 1. The monoisotopic (exact) mass is 457 g/mol. The van der Waals surface area contributed by atoms with Crippen LogP contribution in [-0.4, -0.2) is 32.2 Å². The summed E-state index contributed by atoms with van der Waals surface area (Å²) in [5.74, 6) is 2.31. The van der Waals surface area contributed by atoms with Crippen LogP contribution in [0.1, 0.15) is 23.3 Å². The molecule has 0 spiro atoms. The van der Waals surface area contributed by atoms with Gasteiger partial charge in [-0.05, 0) is 23.1 Å². The number of fused-ring (bicyclic) bond motifs is 1. The van der Waals surface area contributed by atoms with Gasteiger partial charge >= 0.3 is 0 Å². The van der Waals surface area contributed by atoms with E-state index in [2.05, 4.69) is 52.2 Å². The molecule has 1 aliphatic heterocycles. The molecule has 0 amide bonds. The Morgan fingerprint density at radius 3 is 2.83 bits per heavy atom. The van der Waals surface area contributed by atoms with Crippen molar-refractivity contribution in [2.75, 3.05) is 20.1 Å². The molecule has 1 aromatic heterocycles. The number of rotatable bonds is 5. The molecular formula is C18H24IN3OS. The van der Waals surface area contributed by atoms with E-state index in [0.717, 1.165) is 31.2 Å². The highest BCUT2D eigenvalue weighted by Gasteiger charge is 2.22. The van der Waals surface area contributed by atoms with Gasteiger partial charge in [0, 0.05) is 30.8 Å². The third-order valence-corrected chi connectivity index (χ3v) is 5.14. The van der Waals surface area contributed by atoms with Crippen molar-refractivity contribution in [1.82, 2.24) is 10.6 Å². The third kappa shape index (κ3) is 4.86. The highest BCUT2D eigenvalue weighted by molar-refractivity contribution is 14.0. The normalized spacial score (nSPS) is 17.4. The zero-order chi connectivity index (χ0) is 16.1. The van der Waals surface area contributed by atoms with E-state index < -0.39 is 0 Å². The topological polar surface area (TPSA) is 45.7 Å². The minimum absolute atomic E-state index is 0. The van der Waals surface area contributed by atoms with Crippen molar-refractivity contribution < 1.29 is 4.74 Å². The summed E-state index contributed by atoms with van der Waals surface area (Å²) in [5.41, 5.74) is 1.29. The van der Waals surface area contributed by atoms with E-state index in [1.165, 1.54) is 10.4 Å². The summed E-state index contributed by atoms with van der Waals surface area (Å²) in [4.78, 5) is 5.68. The Bertz CT molecular complexity index is 635. The summed E-state index contributed by atoms with van der Waals surface area (Å²) in [6, 6.07) is 12.5. The van der Waals surface area contributed by atoms with Crippen molar-refractivity contribution in [3.8, 4) is 5.75 Å². The zero-order valence-corrected chi connectivity index (χ0v) is 17.1. The van der Waals surface area contributed by atoms with E-state index in [1.807, 2.05) is 12.1 Å².